The van der Waals surface area contributed by atoms with Crippen LogP contribution in [0.2, 0.25) is 0 Å². The number of nitrogens with zero attached hydrogens (tertiary/aromatic N) is 1. The highest BCUT2D eigenvalue weighted by Crippen LogP contribution is 2.29. The standard InChI is InChI=1S/C35H49N5O4/c1-24(28-21-37-29-17-9-8-16-27(28)29)31(33(42)38-30(18-10-11-19-36)34(43)44-35(2,3)4)39-32(41)26-15-12-20-40(23-26)22-25-13-6-5-7-14-25/h5-9,13-14,16-17,21,24,26,30-31,37H,10-12,15,18-20,22-23,36H2,1-4H3,(H,38,42)(H,39,41)/t24-,26?,30?,31?/m0/s1. The van der Waals surface area contributed by atoms with Crippen LogP contribution >= 0.6 is 0 Å². The smallest absolute Gasteiger partial charge is 0.329 e. The van der Waals surface area contributed by atoms with Gasteiger partial charge in [0.15, 0.2) is 0 Å². The number of nitrogens with one attached hydrogen (secondary N) is 3. The Hall–Kier alpha value is -3.69. The number of rotatable bonds is 13. The monoisotopic (exact) mass is 603 g/mol. The Labute approximate surface area is 261 Å². The minimum atomic E-state index is -0.898. The number of carbonyl (C=O) groups excluding carboxylic acids is 3. The number of amides is 2. The number of benzene rings is 2. The van der Waals surface area contributed by atoms with Crippen LogP contribution in [0.3, 0.4) is 0 Å². The molecule has 2 amide bonds. The molecule has 1 aromatic heterocycles. The molecule has 238 valence electrons. The lowest BCUT2D eigenvalue weighted by Gasteiger charge is -2.34. The number of piperidine rings is 1. The third kappa shape index (κ3) is 9.16. The highest BCUT2D eigenvalue weighted by Gasteiger charge is 2.36. The average Bonchev–Trinajstić information content (AvgIpc) is 3.43. The average molecular weight is 604 g/mol. The molecule has 2 heterocycles. The van der Waals surface area contributed by atoms with Crippen LogP contribution in [0.5, 0.6) is 0 Å². The van der Waals surface area contributed by atoms with E-state index in [4.69, 9.17) is 10.5 Å². The van der Waals surface area contributed by atoms with Crippen molar-refractivity contribution in [1.29, 1.82) is 0 Å². The number of likely N-dealkylation sites (tertiary alicyclic amines) is 1. The van der Waals surface area contributed by atoms with E-state index in [-0.39, 0.29) is 17.7 Å². The fourth-order valence-corrected chi connectivity index (χ4v) is 5.97. The van der Waals surface area contributed by atoms with Gasteiger partial charge in [-0.2, -0.15) is 0 Å². The quantitative estimate of drug-likeness (QED) is 0.167. The lowest BCUT2D eigenvalue weighted by atomic mass is 9.90. The van der Waals surface area contributed by atoms with Crippen LogP contribution in [0, 0.1) is 5.92 Å². The summed E-state index contributed by atoms with van der Waals surface area (Å²) in [6.07, 6.45) is 5.35. The van der Waals surface area contributed by atoms with Gasteiger partial charge < -0.3 is 26.1 Å². The minimum absolute atomic E-state index is 0.147. The first-order chi connectivity index (χ1) is 21.1. The predicted molar refractivity (Wildman–Crippen MR) is 174 cm³/mol. The second-order valence-electron chi connectivity index (χ2n) is 13.0. The summed E-state index contributed by atoms with van der Waals surface area (Å²) in [4.78, 5) is 46.7. The molecule has 0 aliphatic carbocycles. The molecule has 0 saturated carbocycles. The Morgan fingerprint density at radius 2 is 1.77 bits per heavy atom. The molecule has 5 N–H and O–H groups in total. The highest BCUT2D eigenvalue weighted by molar-refractivity contribution is 5.93. The summed E-state index contributed by atoms with van der Waals surface area (Å²) in [6, 6.07) is 16.4. The molecule has 0 spiro atoms. The van der Waals surface area contributed by atoms with Crippen LogP contribution in [-0.2, 0) is 25.7 Å². The van der Waals surface area contributed by atoms with Crippen LogP contribution in [0.25, 0.3) is 10.9 Å². The molecule has 44 heavy (non-hydrogen) atoms. The highest BCUT2D eigenvalue weighted by atomic mass is 16.6. The van der Waals surface area contributed by atoms with E-state index in [0.717, 1.165) is 48.8 Å². The zero-order valence-electron chi connectivity index (χ0n) is 26.6. The first-order valence-electron chi connectivity index (χ1n) is 15.9. The number of hydrogen-bond acceptors (Lipinski definition) is 6. The molecule has 0 radical (unpaired) electrons. The largest absolute Gasteiger partial charge is 0.458 e. The number of H-pyrrole nitrogens is 1. The molecule has 1 fully saturated rings. The van der Waals surface area contributed by atoms with Gasteiger partial charge >= 0.3 is 5.97 Å². The zero-order chi connectivity index (χ0) is 31.7. The molecular formula is C35H49N5O4. The van der Waals surface area contributed by atoms with E-state index in [2.05, 4.69) is 32.7 Å². The fourth-order valence-electron chi connectivity index (χ4n) is 5.97. The van der Waals surface area contributed by atoms with Crippen LogP contribution in [0.1, 0.15) is 76.8 Å². The number of hydrogen-bond donors (Lipinski definition) is 4. The summed E-state index contributed by atoms with van der Waals surface area (Å²) in [5.41, 5.74) is 8.09. The topological polar surface area (TPSA) is 130 Å². The molecule has 3 aromatic rings. The van der Waals surface area contributed by atoms with Gasteiger partial charge in [0.2, 0.25) is 11.8 Å². The molecular weight excluding hydrogens is 554 g/mol. The maximum atomic E-state index is 14.1. The van der Waals surface area contributed by atoms with Gasteiger partial charge in [-0.3, -0.25) is 14.5 Å². The van der Waals surface area contributed by atoms with Gasteiger partial charge in [-0.15, -0.1) is 0 Å². The number of para-hydroxylation sites is 1. The fraction of sp³-hybridized carbons (Fsp3) is 0.514. The number of ether oxygens (including phenoxy) is 1. The third-order valence-corrected chi connectivity index (χ3v) is 8.27. The van der Waals surface area contributed by atoms with E-state index >= 15 is 0 Å². The third-order valence-electron chi connectivity index (χ3n) is 8.27. The van der Waals surface area contributed by atoms with Crippen molar-refractivity contribution in [3.63, 3.8) is 0 Å². The van der Waals surface area contributed by atoms with Gasteiger partial charge in [0.1, 0.15) is 17.7 Å². The van der Waals surface area contributed by atoms with E-state index < -0.39 is 29.6 Å². The second kappa shape index (κ2) is 15.3. The first kappa shape index (κ1) is 33.2. The van der Waals surface area contributed by atoms with E-state index in [9.17, 15) is 14.4 Å². The van der Waals surface area contributed by atoms with Crippen LogP contribution in [0.15, 0.2) is 60.8 Å². The van der Waals surface area contributed by atoms with E-state index in [1.54, 1.807) is 20.8 Å². The minimum Gasteiger partial charge on any atom is -0.458 e. The number of esters is 1. The van der Waals surface area contributed by atoms with Crippen molar-refractivity contribution in [1.82, 2.24) is 20.5 Å². The maximum absolute atomic E-state index is 14.1. The molecule has 1 aliphatic rings. The maximum Gasteiger partial charge on any atom is 0.329 e. The molecule has 1 aliphatic heterocycles. The van der Waals surface area contributed by atoms with Crippen LogP contribution < -0.4 is 16.4 Å². The number of carbonyl (C=O) groups is 3. The van der Waals surface area contributed by atoms with Gasteiger partial charge in [-0.05, 0) is 83.2 Å². The van der Waals surface area contributed by atoms with Gasteiger partial charge in [0.25, 0.3) is 0 Å². The van der Waals surface area contributed by atoms with Crippen molar-refractivity contribution in [2.24, 2.45) is 11.7 Å². The summed E-state index contributed by atoms with van der Waals surface area (Å²) in [7, 11) is 0. The molecule has 9 nitrogen and oxygen atoms in total. The normalized spacial score (nSPS) is 17.9. The van der Waals surface area contributed by atoms with Crippen molar-refractivity contribution in [3.05, 3.63) is 71.9 Å². The van der Waals surface area contributed by atoms with Gasteiger partial charge in [-0.1, -0.05) is 55.5 Å². The number of nitrogens with two attached hydrogens (primary N) is 1. The van der Waals surface area contributed by atoms with Crippen molar-refractivity contribution >= 4 is 28.7 Å². The molecule has 2 aromatic carbocycles. The SMILES string of the molecule is C[C@@H](c1c[nH]c2ccccc12)C(NC(=O)C1CCCN(Cc2ccccc2)C1)C(=O)NC(CCCCN)C(=O)OC(C)(C)C. The predicted octanol–water partition coefficient (Wildman–Crippen LogP) is 4.62. The van der Waals surface area contributed by atoms with Crippen molar-refractivity contribution in [3.8, 4) is 0 Å². The summed E-state index contributed by atoms with van der Waals surface area (Å²) >= 11 is 0. The molecule has 9 heteroatoms. The molecule has 4 rings (SSSR count). The number of aromatic amines is 1. The van der Waals surface area contributed by atoms with Crippen molar-refractivity contribution in [2.45, 2.75) is 89.9 Å². The van der Waals surface area contributed by atoms with Crippen LogP contribution in [0.4, 0.5) is 0 Å². The Kier molecular flexibility index (Phi) is 11.6. The van der Waals surface area contributed by atoms with Gasteiger partial charge in [0.05, 0.1) is 5.92 Å². The molecule has 3 unspecified atom stereocenters. The zero-order valence-corrected chi connectivity index (χ0v) is 26.6. The second-order valence-corrected chi connectivity index (χ2v) is 13.0. The van der Waals surface area contributed by atoms with Gasteiger partial charge in [0, 0.05) is 36.1 Å². The first-order valence-corrected chi connectivity index (χ1v) is 15.9. The van der Waals surface area contributed by atoms with Crippen LogP contribution in [-0.4, -0.2) is 65.0 Å². The number of fused-ring (bicyclic) bond motifs is 1. The van der Waals surface area contributed by atoms with Crippen molar-refractivity contribution < 1.29 is 19.1 Å². The van der Waals surface area contributed by atoms with E-state index in [0.29, 0.717) is 25.9 Å². The Bertz CT molecular complexity index is 1380. The Morgan fingerprint density at radius 3 is 2.50 bits per heavy atom. The van der Waals surface area contributed by atoms with E-state index in [1.807, 2.05) is 55.6 Å². The number of unbranched alkanes of at least 4 members (excludes halogenated alkanes) is 1. The van der Waals surface area contributed by atoms with Gasteiger partial charge in [-0.25, -0.2) is 4.79 Å². The van der Waals surface area contributed by atoms with Crippen molar-refractivity contribution in [2.75, 3.05) is 19.6 Å². The molecule has 0 bridgehead atoms. The summed E-state index contributed by atoms with van der Waals surface area (Å²) < 4.78 is 5.66. The summed E-state index contributed by atoms with van der Waals surface area (Å²) in [6.45, 7) is 10.2. The summed E-state index contributed by atoms with van der Waals surface area (Å²) in [5.74, 6) is -1.66. The lowest BCUT2D eigenvalue weighted by Crippen LogP contribution is -2.56. The lowest BCUT2D eigenvalue weighted by molar-refractivity contribution is -0.159. The van der Waals surface area contributed by atoms with E-state index in [1.165, 1.54) is 5.56 Å². The summed E-state index contributed by atoms with van der Waals surface area (Å²) in [5, 5.41) is 7.06. The molecule has 1 saturated heterocycles. The number of aromatic nitrogens is 1. The molecule has 4 atom stereocenters. The Balaban J connectivity index is 1.55. The Morgan fingerprint density at radius 1 is 1.05 bits per heavy atom.